The van der Waals surface area contributed by atoms with Crippen LogP contribution in [0.25, 0.3) is 11.0 Å². The summed E-state index contributed by atoms with van der Waals surface area (Å²) in [6, 6.07) is 15.2. The van der Waals surface area contributed by atoms with Gasteiger partial charge in [-0.05, 0) is 43.5 Å². The predicted octanol–water partition coefficient (Wildman–Crippen LogP) is 4.01. The molecule has 0 saturated carbocycles. The Hall–Kier alpha value is -3.53. The van der Waals surface area contributed by atoms with Crippen molar-refractivity contribution < 1.29 is 14.3 Å². The van der Waals surface area contributed by atoms with E-state index in [2.05, 4.69) is 11.1 Å². The second-order valence-corrected chi connectivity index (χ2v) is 7.75. The molecule has 0 aliphatic carbocycles. The Morgan fingerprint density at radius 2 is 2.16 bits per heavy atom. The van der Waals surface area contributed by atoms with Gasteiger partial charge in [0.25, 0.3) is 0 Å². The first-order chi connectivity index (χ1) is 15.2. The zero-order valence-corrected chi connectivity index (χ0v) is 17.6. The number of rotatable bonds is 7. The first-order valence-corrected chi connectivity index (χ1v) is 10.6. The van der Waals surface area contributed by atoms with Crippen LogP contribution in [0.4, 0.5) is 0 Å². The maximum absolute atomic E-state index is 12.7. The van der Waals surface area contributed by atoms with Gasteiger partial charge in [-0.15, -0.1) is 0 Å². The van der Waals surface area contributed by atoms with Gasteiger partial charge in [0.05, 0.1) is 36.4 Å². The van der Waals surface area contributed by atoms with Gasteiger partial charge in [0, 0.05) is 31.5 Å². The first-order valence-electron chi connectivity index (χ1n) is 10.6. The van der Waals surface area contributed by atoms with Crippen molar-refractivity contribution in [1.82, 2.24) is 14.9 Å². The van der Waals surface area contributed by atoms with E-state index in [-0.39, 0.29) is 11.8 Å². The van der Waals surface area contributed by atoms with Crippen molar-refractivity contribution in [3.63, 3.8) is 0 Å². The number of para-hydroxylation sites is 2. The third kappa shape index (κ3) is 4.80. The van der Waals surface area contributed by atoms with E-state index in [1.165, 1.54) is 0 Å². The molecule has 7 nitrogen and oxygen atoms in total. The molecule has 0 spiro atoms. The average molecular weight is 418 g/mol. The van der Waals surface area contributed by atoms with E-state index in [4.69, 9.17) is 19.7 Å². The highest BCUT2D eigenvalue weighted by molar-refractivity contribution is 5.77. The smallest absolute Gasteiger partial charge is 0.222 e. The molecule has 2 aromatic carbocycles. The molecule has 160 valence electrons. The summed E-state index contributed by atoms with van der Waals surface area (Å²) in [4.78, 5) is 22.8. The normalized spacial score (nSPS) is 16.1. The van der Waals surface area contributed by atoms with Crippen LogP contribution in [0.15, 0.2) is 42.5 Å². The van der Waals surface area contributed by atoms with Crippen LogP contribution in [0.5, 0.6) is 11.5 Å². The van der Waals surface area contributed by atoms with E-state index in [0.717, 1.165) is 36.2 Å². The number of nitrogens with zero attached hydrogens (tertiary/aromatic N) is 3. The number of hydrogen-bond acceptors (Lipinski definition) is 5. The lowest BCUT2D eigenvalue weighted by molar-refractivity contribution is -0.132. The lowest BCUT2D eigenvalue weighted by Crippen LogP contribution is -2.39. The quantitative estimate of drug-likeness (QED) is 0.586. The summed E-state index contributed by atoms with van der Waals surface area (Å²) in [6.45, 7) is 1.90. The third-order valence-corrected chi connectivity index (χ3v) is 5.65. The summed E-state index contributed by atoms with van der Waals surface area (Å²) in [6.07, 6.45) is 3.07. The van der Waals surface area contributed by atoms with Gasteiger partial charge in [0.15, 0.2) is 11.5 Å². The Bertz CT molecular complexity index is 1070. The number of nitrogens with one attached hydrogen (secondary N) is 1. The Morgan fingerprint density at radius 3 is 2.97 bits per heavy atom. The van der Waals surface area contributed by atoms with E-state index in [1.807, 2.05) is 29.2 Å². The molecule has 0 bridgehead atoms. The fraction of sp³-hybridized carbons (Fsp3) is 0.375. The molecule has 1 aliphatic rings. The summed E-state index contributed by atoms with van der Waals surface area (Å²) >= 11 is 0. The molecule has 7 heteroatoms. The number of amides is 1. The number of piperidine rings is 1. The van der Waals surface area contributed by atoms with Crippen LogP contribution in [0.1, 0.15) is 43.0 Å². The fourth-order valence-electron chi connectivity index (χ4n) is 4.01. The molecule has 31 heavy (non-hydrogen) atoms. The second kappa shape index (κ2) is 9.52. The second-order valence-electron chi connectivity index (χ2n) is 7.75. The zero-order chi connectivity index (χ0) is 21.6. The number of ether oxygens (including phenoxy) is 2. The minimum atomic E-state index is 0.149. The van der Waals surface area contributed by atoms with Gasteiger partial charge in [-0.25, -0.2) is 4.98 Å². The predicted molar refractivity (Wildman–Crippen MR) is 117 cm³/mol. The summed E-state index contributed by atoms with van der Waals surface area (Å²) < 4.78 is 11.0. The molecule has 1 fully saturated rings. The van der Waals surface area contributed by atoms with Gasteiger partial charge < -0.3 is 19.4 Å². The zero-order valence-electron chi connectivity index (χ0n) is 17.6. The molecule has 3 aromatic rings. The Balaban J connectivity index is 1.28. The molecule has 4 rings (SSSR count). The van der Waals surface area contributed by atoms with Gasteiger partial charge in [-0.2, -0.15) is 5.26 Å². The lowest BCUT2D eigenvalue weighted by atomic mass is 9.97. The van der Waals surface area contributed by atoms with Crippen LogP contribution in [0.2, 0.25) is 0 Å². The minimum absolute atomic E-state index is 0.149. The van der Waals surface area contributed by atoms with Gasteiger partial charge in [0.1, 0.15) is 5.82 Å². The number of imidazole rings is 1. The van der Waals surface area contributed by atoms with Crippen LogP contribution in [-0.2, 0) is 4.79 Å². The number of carbonyl (C=O) groups excluding carboxylic acids is 1. The van der Waals surface area contributed by atoms with E-state index >= 15 is 0 Å². The molecule has 1 atom stereocenters. The van der Waals surface area contributed by atoms with E-state index in [9.17, 15) is 4.79 Å². The van der Waals surface area contributed by atoms with Gasteiger partial charge in [-0.1, -0.05) is 12.1 Å². The molecule has 1 aliphatic heterocycles. The van der Waals surface area contributed by atoms with Crippen molar-refractivity contribution in [1.29, 1.82) is 5.26 Å². The summed E-state index contributed by atoms with van der Waals surface area (Å²) in [5.74, 6) is 2.46. The highest BCUT2D eigenvalue weighted by Crippen LogP contribution is 2.29. The first kappa shape index (κ1) is 20.7. The van der Waals surface area contributed by atoms with Crippen molar-refractivity contribution in [2.75, 3.05) is 26.8 Å². The highest BCUT2D eigenvalue weighted by atomic mass is 16.5. The third-order valence-electron chi connectivity index (χ3n) is 5.65. The van der Waals surface area contributed by atoms with Gasteiger partial charge in [-0.3, -0.25) is 4.79 Å². The monoisotopic (exact) mass is 418 g/mol. The Kier molecular flexibility index (Phi) is 6.37. The van der Waals surface area contributed by atoms with Crippen LogP contribution in [-0.4, -0.2) is 47.6 Å². The number of likely N-dealkylation sites (tertiary alicyclic amines) is 1. The van der Waals surface area contributed by atoms with Crippen molar-refractivity contribution in [3.8, 4) is 17.6 Å². The van der Waals surface area contributed by atoms with Crippen molar-refractivity contribution in [3.05, 3.63) is 53.9 Å². The van der Waals surface area contributed by atoms with Crippen molar-refractivity contribution in [2.24, 2.45) is 0 Å². The van der Waals surface area contributed by atoms with Crippen molar-refractivity contribution in [2.45, 2.75) is 31.6 Å². The number of hydrogen-bond donors (Lipinski definition) is 1. The molecular formula is C24H26N4O3. The highest BCUT2D eigenvalue weighted by Gasteiger charge is 2.26. The number of aromatic nitrogens is 2. The Labute approximate surface area is 181 Å². The average Bonchev–Trinajstić information content (AvgIpc) is 3.26. The van der Waals surface area contributed by atoms with Crippen LogP contribution in [0, 0.1) is 11.3 Å². The number of benzene rings is 2. The molecule has 1 saturated heterocycles. The van der Waals surface area contributed by atoms with E-state index in [0.29, 0.717) is 43.1 Å². The standard InChI is InChI=1S/C24H26N4O3/c1-30-22-14-17(15-25)10-11-21(22)31-13-5-9-23(29)28-12-4-6-18(16-28)24-26-19-7-2-3-8-20(19)27-24/h2-3,7-8,10-11,14,18H,4-6,9,12-13,16H2,1H3,(H,26,27). The maximum atomic E-state index is 12.7. The van der Waals surface area contributed by atoms with Crippen molar-refractivity contribution >= 4 is 16.9 Å². The van der Waals surface area contributed by atoms with E-state index in [1.54, 1.807) is 25.3 Å². The largest absolute Gasteiger partial charge is 0.493 e. The molecule has 1 unspecified atom stereocenters. The fourth-order valence-corrected chi connectivity index (χ4v) is 4.01. The van der Waals surface area contributed by atoms with Crippen LogP contribution < -0.4 is 9.47 Å². The molecule has 2 heterocycles. The van der Waals surface area contributed by atoms with Crippen LogP contribution >= 0.6 is 0 Å². The number of H-pyrrole nitrogens is 1. The molecule has 1 N–H and O–H groups in total. The number of fused-ring (bicyclic) bond motifs is 1. The summed E-state index contributed by atoms with van der Waals surface area (Å²) in [5.41, 5.74) is 2.52. The van der Waals surface area contributed by atoms with Gasteiger partial charge in [0.2, 0.25) is 5.91 Å². The van der Waals surface area contributed by atoms with Gasteiger partial charge >= 0.3 is 0 Å². The Morgan fingerprint density at radius 1 is 1.29 bits per heavy atom. The number of nitriles is 1. The van der Waals surface area contributed by atoms with Crippen LogP contribution in [0.3, 0.4) is 0 Å². The maximum Gasteiger partial charge on any atom is 0.222 e. The van der Waals surface area contributed by atoms with E-state index < -0.39 is 0 Å². The minimum Gasteiger partial charge on any atom is -0.493 e. The number of aromatic amines is 1. The summed E-state index contributed by atoms with van der Waals surface area (Å²) in [5, 5.41) is 8.98. The lowest BCUT2D eigenvalue weighted by Gasteiger charge is -2.32. The molecule has 0 radical (unpaired) electrons. The SMILES string of the molecule is COc1cc(C#N)ccc1OCCCC(=O)N1CCCC(c2nc3ccccc3[nH]2)C1. The molecule has 1 aromatic heterocycles. The summed E-state index contributed by atoms with van der Waals surface area (Å²) in [7, 11) is 1.54. The number of carbonyl (C=O) groups is 1. The number of methoxy groups -OCH3 is 1. The molecule has 1 amide bonds. The topological polar surface area (TPSA) is 91.2 Å². The molecular weight excluding hydrogens is 392 g/mol.